The molecule has 0 saturated heterocycles. The summed E-state index contributed by atoms with van der Waals surface area (Å²) in [7, 11) is 0. The number of fused-ring (bicyclic) bond motifs is 1. The van der Waals surface area contributed by atoms with Gasteiger partial charge in [-0.05, 0) is 49.2 Å². The number of halogens is 1. The smallest absolute Gasteiger partial charge is 0.318 e. The lowest BCUT2D eigenvalue weighted by Gasteiger charge is -2.24. The molecule has 2 heterocycles. The third-order valence-corrected chi connectivity index (χ3v) is 4.62. The standard InChI is InChI=1S/C20H22ClN5O2/c1-3-10-26(20(28)23-13(2)14-6-8-22-9-7-14)12-18-24-17-11-15(21)4-5-16(17)19(27)25-18/h4-9,11,13H,3,10,12H2,1-2H3,(H,23,28)(H,24,25,27). The van der Waals surface area contributed by atoms with E-state index in [0.29, 0.717) is 28.3 Å². The van der Waals surface area contributed by atoms with E-state index in [-0.39, 0.29) is 24.2 Å². The summed E-state index contributed by atoms with van der Waals surface area (Å²) in [4.78, 5) is 38.0. The maximum absolute atomic E-state index is 12.8. The number of hydrogen-bond donors (Lipinski definition) is 2. The fourth-order valence-corrected chi connectivity index (χ4v) is 3.12. The summed E-state index contributed by atoms with van der Waals surface area (Å²) in [6.07, 6.45) is 4.16. The molecule has 2 aromatic heterocycles. The first-order valence-corrected chi connectivity index (χ1v) is 9.49. The Morgan fingerprint density at radius 2 is 2.04 bits per heavy atom. The molecule has 1 unspecified atom stereocenters. The van der Waals surface area contributed by atoms with Crippen molar-refractivity contribution in [3.05, 3.63) is 69.5 Å². The van der Waals surface area contributed by atoms with Crippen molar-refractivity contribution in [1.82, 2.24) is 25.2 Å². The van der Waals surface area contributed by atoms with Crippen LogP contribution < -0.4 is 10.9 Å². The summed E-state index contributed by atoms with van der Waals surface area (Å²) in [5.74, 6) is 0.417. The zero-order valence-corrected chi connectivity index (χ0v) is 16.5. The van der Waals surface area contributed by atoms with E-state index in [0.717, 1.165) is 12.0 Å². The summed E-state index contributed by atoms with van der Waals surface area (Å²) in [6, 6.07) is 8.27. The lowest BCUT2D eigenvalue weighted by molar-refractivity contribution is 0.190. The molecule has 0 bridgehead atoms. The van der Waals surface area contributed by atoms with Crippen LogP contribution in [0.5, 0.6) is 0 Å². The predicted octanol–water partition coefficient (Wildman–Crippen LogP) is 3.65. The summed E-state index contributed by atoms with van der Waals surface area (Å²) >= 11 is 6.01. The van der Waals surface area contributed by atoms with Gasteiger partial charge in [0.15, 0.2) is 0 Å². The summed E-state index contributed by atoms with van der Waals surface area (Å²) in [6.45, 7) is 4.63. The van der Waals surface area contributed by atoms with Crippen molar-refractivity contribution in [2.75, 3.05) is 6.54 Å². The SMILES string of the molecule is CCCN(Cc1nc2cc(Cl)ccc2c(=O)[nH]1)C(=O)NC(C)c1ccncc1. The number of amides is 2. The molecule has 2 amide bonds. The van der Waals surface area contributed by atoms with Gasteiger partial charge in [0.1, 0.15) is 5.82 Å². The van der Waals surface area contributed by atoms with Gasteiger partial charge < -0.3 is 15.2 Å². The van der Waals surface area contributed by atoms with E-state index < -0.39 is 0 Å². The van der Waals surface area contributed by atoms with Crippen LogP contribution in [0.15, 0.2) is 47.5 Å². The minimum Gasteiger partial charge on any atom is -0.331 e. The van der Waals surface area contributed by atoms with E-state index in [9.17, 15) is 9.59 Å². The monoisotopic (exact) mass is 399 g/mol. The van der Waals surface area contributed by atoms with Crippen LogP contribution in [0.3, 0.4) is 0 Å². The maximum Gasteiger partial charge on any atom is 0.318 e. The number of hydrogen-bond acceptors (Lipinski definition) is 4. The molecule has 7 nitrogen and oxygen atoms in total. The van der Waals surface area contributed by atoms with Crippen molar-refractivity contribution in [3.63, 3.8) is 0 Å². The van der Waals surface area contributed by atoms with E-state index in [4.69, 9.17) is 11.6 Å². The number of aromatic amines is 1. The van der Waals surface area contributed by atoms with Gasteiger partial charge in [0.05, 0.1) is 23.5 Å². The second-order valence-corrected chi connectivity index (χ2v) is 6.98. The quantitative estimate of drug-likeness (QED) is 0.661. The fourth-order valence-electron chi connectivity index (χ4n) is 2.95. The van der Waals surface area contributed by atoms with Crippen LogP contribution in [-0.2, 0) is 6.54 Å². The van der Waals surface area contributed by atoms with Crippen LogP contribution >= 0.6 is 11.6 Å². The normalized spacial score (nSPS) is 12.0. The molecule has 2 N–H and O–H groups in total. The third-order valence-electron chi connectivity index (χ3n) is 4.39. The van der Waals surface area contributed by atoms with Crippen LogP contribution in [-0.4, -0.2) is 32.4 Å². The molecule has 3 rings (SSSR count). The second kappa shape index (κ2) is 8.84. The van der Waals surface area contributed by atoms with Gasteiger partial charge in [0.25, 0.3) is 5.56 Å². The minimum absolute atomic E-state index is 0.169. The van der Waals surface area contributed by atoms with Gasteiger partial charge in [-0.15, -0.1) is 0 Å². The lowest BCUT2D eigenvalue weighted by atomic mass is 10.1. The number of H-pyrrole nitrogens is 1. The molecule has 0 spiro atoms. The number of nitrogens with one attached hydrogen (secondary N) is 2. The molecule has 8 heteroatoms. The van der Waals surface area contributed by atoms with Gasteiger partial charge in [-0.2, -0.15) is 0 Å². The molecule has 28 heavy (non-hydrogen) atoms. The molecule has 0 aliphatic rings. The Kier molecular flexibility index (Phi) is 6.26. The van der Waals surface area contributed by atoms with Crippen LogP contribution in [0.1, 0.15) is 37.7 Å². The van der Waals surface area contributed by atoms with E-state index in [1.807, 2.05) is 26.0 Å². The van der Waals surface area contributed by atoms with Gasteiger partial charge in [-0.3, -0.25) is 9.78 Å². The van der Waals surface area contributed by atoms with Crippen molar-refractivity contribution < 1.29 is 4.79 Å². The van der Waals surface area contributed by atoms with Gasteiger partial charge in [0, 0.05) is 24.0 Å². The molecule has 0 saturated carbocycles. The van der Waals surface area contributed by atoms with Gasteiger partial charge in [0.2, 0.25) is 0 Å². The van der Waals surface area contributed by atoms with E-state index in [1.165, 1.54) is 0 Å². The van der Waals surface area contributed by atoms with Crippen molar-refractivity contribution in [1.29, 1.82) is 0 Å². The molecule has 3 aromatic rings. The Morgan fingerprint density at radius 1 is 1.29 bits per heavy atom. The van der Waals surface area contributed by atoms with Gasteiger partial charge in [-0.25, -0.2) is 9.78 Å². The molecule has 1 atom stereocenters. The highest BCUT2D eigenvalue weighted by atomic mass is 35.5. The van der Waals surface area contributed by atoms with Crippen LogP contribution in [0.25, 0.3) is 10.9 Å². The number of carbonyl (C=O) groups is 1. The summed E-state index contributed by atoms with van der Waals surface area (Å²) in [5.41, 5.74) is 1.22. The van der Waals surface area contributed by atoms with Crippen molar-refractivity contribution in [2.24, 2.45) is 0 Å². The Bertz CT molecular complexity index is 1020. The zero-order valence-electron chi connectivity index (χ0n) is 15.8. The molecule has 0 radical (unpaired) electrons. The third kappa shape index (κ3) is 4.67. The number of aromatic nitrogens is 3. The molecule has 0 aliphatic carbocycles. The molecule has 0 aliphatic heterocycles. The molecule has 146 valence electrons. The minimum atomic E-state index is -0.251. The molecule has 1 aromatic carbocycles. The number of benzene rings is 1. The van der Waals surface area contributed by atoms with Crippen molar-refractivity contribution in [3.8, 4) is 0 Å². The zero-order chi connectivity index (χ0) is 20.1. The highest BCUT2D eigenvalue weighted by molar-refractivity contribution is 6.31. The molecular weight excluding hydrogens is 378 g/mol. The average molecular weight is 400 g/mol. The van der Waals surface area contributed by atoms with Crippen molar-refractivity contribution in [2.45, 2.75) is 32.9 Å². The number of carbonyl (C=O) groups excluding carboxylic acids is 1. The first-order chi connectivity index (χ1) is 13.5. The van der Waals surface area contributed by atoms with Crippen molar-refractivity contribution >= 4 is 28.5 Å². The fraction of sp³-hybridized carbons (Fsp3) is 0.300. The van der Waals surface area contributed by atoms with Gasteiger partial charge >= 0.3 is 6.03 Å². The predicted molar refractivity (Wildman–Crippen MR) is 109 cm³/mol. The largest absolute Gasteiger partial charge is 0.331 e. The van der Waals surface area contributed by atoms with E-state index >= 15 is 0 Å². The second-order valence-electron chi connectivity index (χ2n) is 6.55. The van der Waals surface area contributed by atoms with Crippen LogP contribution in [0.2, 0.25) is 5.02 Å². The highest BCUT2D eigenvalue weighted by Gasteiger charge is 2.18. The van der Waals surface area contributed by atoms with Crippen LogP contribution in [0, 0.1) is 0 Å². The highest BCUT2D eigenvalue weighted by Crippen LogP contribution is 2.15. The van der Waals surface area contributed by atoms with Crippen LogP contribution in [0.4, 0.5) is 4.79 Å². The maximum atomic E-state index is 12.8. The summed E-state index contributed by atoms with van der Waals surface area (Å²) in [5, 5.41) is 3.95. The van der Waals surface area contributed by atoms with E-state index in [1.54, 1.807) is 35.5 Å². The summed E-state index contributed by atoms with van der Waals surface area (Å²) < 4.78 is 0. The number of rotatable bonds is 6. The molecular formula is C20H22ClN5O2. The number of urea groups is 1. The molecule has 0 fully saturated rings. The average Bonchev–Trinajstić information content (AvgIpc) is 2.68. The van der Waals surface area contributed by atoms with E-state index in [2.05, 4.69) is 20.3 Å². The first kappa shape index (κ1) is 19.8. The topological polar surface area (TPSA) is 91.0 Å². The number of pyridine rings is 1. The number of nitrogens with zero attached hydrogens (tertiary/aromatic N) is 3. The lowest BCUT2D eigenvalue weighted by Crippen LogP contribution is -2.41. The van der Waals surface area contributed by atoms with Gasteiger partial charge in [-0.1, -0.05) is 18.5 Å². The Labute approximate surface area is 167 Å². The Balaban J connectivity index is 1.79. The first-order valence-electron chi connectivity index (χ1n) is 9.11. The Hall–Kier alpha value is -2.93. The Morgan fingerprint density at radius 3 is 2.75 bits per heavy atom.